The van der Waals surface area contributed by atoms with E-state index in [4.69, 9.17) is 27.9 Å². The number of methoxy groups -OCH3 is 1. The molecule has 1 aromatic heterocycles. The van der Waals surface area contributed by atoms with E-state index in [9.17, 15) is 14.4 Å². The minimum atomic E-state index is -0.647. The number of aromatic nitrogens is 1. The minimum absolute atomic E-state index is 0.120. The smallest absolute Gasteiger partial charge is 0.328 e. The van der Waals surface area contributed by atoms with Crippen LogP contribution in [-0.2, 0) is 27.2 Å². The fourth-order valence-corrected chi connectivity index (χ4v) is 7.11. The molecule has 1 aromatic carbocycles. The highest BCUT2D eigenvalue weighted by molar-refractivity contribution is 9.12. The van der Waals surface area contributed by atoms with Crippen LogP contribution < -0.4 is 10.2 Å². The Morgan fingerprint density at radius 2 is 1.89 bits per heavy atom. The maximum Gasteiger partial charge on any atom is 0.328 e. The SMILES string of the molecule is COC(=O)C(Cc1ccc2c(c1)CCN2C(=O)c1c(Cl)cncc1Cl)NC1=C(Br)C(=O)C12CCCCC2. The predicted octanol–water partition coefficient (Wildman–Crippen LogP) is 5.40. The van der Waals surface area contributed by atoms with Gasteiger partial charge in [0.2, 0.25) is 0 Å². The number of rotatable bonds is 6. The second-order valence-electron chi connectivity index (χ2n) is 9.73. The van der Waals surface area contributed by atoms with E-state index in [1.54, 1.807) is 4.90 Å². The summed E-state index contributed by atoms with van der Waals surface area (Å²) in [7, 11) is 1.37. The molecule has 1 spiro atoms. The van der Waals surface area contributed by atoms with Crippen LogP contribution in [0.15, 0.2) is 40.8 Å². The number of hydrogen-bond acceptors (Lipinski definition) is 6. The van der Waals surface area contributed by atoms with Gasteiger partial charge in [0, 0.05) is 36.7 Å². The van der Waals surface area contributed by atoms with Crippen molar-refractivity contribution in [2.45, 2.75) is 51.0 Å². The van der Waals surface area contributed by atoms with E-state index >= 15 is 0 Å². The number of amides is 1. The fraction of sp³-hybridized carbons (Fsp3) is 0.407. The van der Waals surface area contributed by atoms with E-state index < -0.39 is 17.4 Å². The number of fused-ring (bicyclic) bond motifs is 1. The highest BCUT2D eigenvalue weighted by Gasteiger charge is 2.53. The monoisotopic (exact) mass is 605 g/mol. The van der Waals surface area contributed by atoms with Crippen molar-refractivity contribution >= 4 is 62.5 Å². The van der Waals surface area contributed by atoms with Crippen LogP contribution in [0.1, 0.15) is 53.6 Å². The Labute approximate surface area is 233 Å². The lowest BCUT2D eigenvalue weighted by atomic mass is 9.62. The van der Waals surface area contributed by atoms with Gasteiger partial charge in [-0.15, -0.1) is 0 Å². The van der Waals surface area contributed by atoms with Crippen LogP contribution in [0.5, 0.6) is 0 Å². The minimum Gasteiger partial charge on any atom is -0.467 e. The molecule has 2 aromatic rings. The van der Waals surface area contributed by atoms with Gasteiger partial charge in [0.1, 0.15) is 6.04 Å². The number of carbonyl (C=O) groups excluding carboxylic acids is 3. The molecular formula is C27H26BrCl2N3O4. The molecule has 194 valence electrons. The zero-order valence-corrected chi connectivity index (χ0v) is 23.4. The molecule has 1 amide bonds. The Morgan fingerprint density at radius 3 is 2.57 bits per heavy atom. The molecule has 1 N–H and O–H groups in total. The molecule has 1 aliphatic heterocycles. The van der Waals surface area contributed by atoms with Gasteiger partial charge in [-0.3, -0.25) is 14.6 Å². The number of esters is 1. The average molecular weight is 607 g/mol. The number of carbonyl (C=O) groups is 3. The Hall–Kier alpha value is -2.42. The molecule has 2 heterocycles. The second-order valence-corrected chi connectivity index (χ2v) is 11.3. The quantitative estimate of drug-likeness (QED) is 0.443. The highest BCUT2D eigenvalue weighted by atomic mass is 79.9. The zero-order valence-electron chi connectivity index (χ0n) is 20.3. The van der Waals surface area contributed by atoms with Crippen LogP contribution in [0.3, 0.4) is 0 Å². The molecule has 1 atom stereocenters. The molecule has 10 heteroatoms. The van der Waals surface area contributed by atoms with E-state index in [0.29, 0.717) is 23.9 Å². The number of allylic oxidation sites excluding steroid dienone is 2. The molecule has 0 saturated heterocycles. The number of benzene rings is 1. The van der Waals surface area contributed by atoms with Crippen LogP contribution in [0, 0.1) is 5.41 Å². The number of ether oxygens (including phenoxy) is 1. The van der Waals surface area contributed by atoms with Crippen LogP contribution in [0.25, 0.3) is 0 Å². The standard InChI is InChI=1S/C27H26BrCl2N3O4/c1-37-26(36)19(32-23-22(28)24(34)27(23)8-3-2-4-9-27)12-15-5-6-20-16(11-15)7-10-33(20)25(35)21-17(29)13-31-14-18(21)30/h5-6,11,13-14,19,32H,2-4,7-10,12H2,1H3. The molecule has 0 radical (unpaired) electrons. The normalized spacial score (nSPS) is 18.9. The summed E-state index contributed by atoms with van der Waals surface area (Å²) in [5, 5.41) is 3.78. The van der Waals surface area contributed by atoms with E-state index in [2.05, 4.69) is 26.2 Å². The Kier molecular flexibility index (Phi) is 7.35. The Bertz CT molecular complexity index is 1300. The van der Waals surface area contributed by atoms with Crippen molar-refractivity contribution in [3.63, 3.8) is 0 Å². The number of pyridine rings is 1. The van der Waals surface area contributed by atoms with Crippen molar-refractivity contribution in [1.29, 1.82) is 0 Å². The van der Waals surface area contributed by atoms with Gasteiger partial charge in [0.15, 0.2) is 5.78 Å². The molecule has 1 unspecified atom stereocenters. The number of halogens is 3. The van der Waals surface area contributed by atoms with Crippen molar-refractivity contribution in [2.75, 3.05) is 18.6 Å². The van der Waals surface area contributed by atoms with E-state index in [1.165, 1.54) is 19.5 Å². The first-order chi connectivity index (χ1) is 17.8. The molecule has 1 fully saturated rings. The number of nitrogens with zero attached hydrogens (tertiary/aromatic N) is 2. The Morgan fingerprint density at radius 1 is 1.19 bits per heavy atom. The van der Waals surface area contributed by atoms with E-state index in [1.807, 2.05) is 18.2 Å². The summed E-state index contributed by atoms with van der Waals surface area (Å²) in [4.78, 5) is 44.3. The summed E-state index contributed by atoms with van der Waals surface area (Å²) in [5.74, 6) is -0.547. The first kappa shape index (κ1) is 26.2. The molecule has 0 bridgehead atoms. The lowest BCUT2D eigenvalue weighted by Gasteiger charge is -2.46. The molecular weight excluding hydrogens is 581 g/mol. The number of Topliss-reactive ketones (excluding diaryl/α,β-unsaturated/α-hetero) is 1. The topological polar surface area (TPSA) is 88.6 Å². The molecule has 1 saturated carbocycles. The van der Waals surface area contributed by atoms with Crippen LogP contribution in [0.4, 0.5) is 5.69 Å². The first-order valence-electron chi connectivity index (χ1n) is 12.3. The van der Waals surface area contributed by atoms with E-state index in [-0.39, 0.29) is 27.3 Å². The number of anilines is 1. The van der Waals surface area contributed by atoms with Gasteiger partial charge in [-0.25, -0.2) is 4.79 Å². The van der Waals surface area contributed by atoms with Crippen molar-refractivity contribution < 1.29 is 19.1 Å². The number of ketones is 1. The van der Waals surface area contributed by atoms with Gasteiger partial charge < -0.3 is 15.0 Å². The third-order valence-corrected chi connectivity index (χ3v) is 8.96. The summed E-state index contributed by atoms with van der Waals surface area (Å²) in [6.07, 6.45) is 8.56. The van der Waals surface area contributed by atoms with Crippen molar-refractivity contribution in [2.24, 2.45) is 5.41 Å². The Balaban J connectivity index is 1.36. The number of hydrogen-bond donors (Lipinski definition) is 1. The van der Waals surface area contributed by atoms with Gasteiger partial charge >= 0.3 is 5.97 Å². The van der Waals surface area contributed by atoms with Crippen molar-refractivity contribution in [1.82, 2.24) is 10.3 Å². The molecule has 2 aliphatic carbocycles. The van der Waals surface area contributed by atoms with Gasteiger partial charge in [-0.05, 0) is 52.4 Å². The summed E-state index contributed by atoms with van der Waals surface area (Å²) >= 11 is 15.9. The maximum absolute atomic E-state index is 13.2. The van der Waals surface area contributed by atoms with Crippen molar-refractivity contribution in [3.05, 3.63) is 67.5 Å². The molecule has 5 rings (SSSR count). The maximum atomic E-state index is 13.2. The lowest BCUT2D eigenvalue weighted by Crippen LogP contribution is -2.53. The van der Waals surface area contributed by atoms with Crippen LogP contribution in [0.2, 0.25) is 10.0 Å². The lowest BCUT2D eigenvalue weighted by molar-refractivity contribution is -0.143. The largest absolute Gasteiger partial charge is 0.467 e. The van der Waals surface area contributed by atoms with Gasteiger partial charge in [0.25, 0.3) is 5.91 Å². The summed E-state index contributed by atoms with van der Waals surface area (Å²) in [6, 6.07) is 5.16. The first-order valence-corrected chi connectivity index (χ1v) is 13.8. The number of nitrogens with one attached hydrogen (secondary N) is 1. The van der Waals surface area contributed by atoms with Crippen LogP contribution >= 0.6 is 39.1 Å². The fourth-order valence-electron chi connectivity index (χ4n) is 5.71. The predicted molar refractivity (Wildman–Crippen MR) is 145 cm³/mol. The van der Waals surface area contributed by atoms with Gasteiger partial charge in [0.05, 0.1) is 32.6 Å². The third kappa shape index (κ3) is 4.57. The highest BCUT2D eigenvalue weighted by Crippen LogP contribution is 2.53. The van der Waals surface area contributed by atoms with E-state index in [0.717, 1.165) is 54.6 Å². The molecule has 37 heavy (non-hydrogen) atoms. The summed E-state index contributed by atoms with van der Waals surface area (Å²) in [5.41, 5.74) is 3.25. The zero-order chi connectivity index (χ0) is 26.3. The van der Waals surface area contributed by atoms with Crippen molar-refractivity contribution in [3.8, 4) is 0 Å². The summed E-state index contributed by atoms with van der Waals surface area (Å²) in [6.45, 7) is 0.496. The van der Waals surface area contributed by atoms with Crippen LogP contribution in [-0.4, -0.2) is 42.3 Å². The average Bonchev–Trinajstić information content (AvgIpc) is 3.33. The van der Waals surface area contributed by atoms with Gasteiger partial charge in [-0.1, -0.05) is 54.6 Å². The summed E-state index contributed by atoms with van der Waals surface area (Å²) < 4.78 is 5.62. The molecule has 7 nitrogen and oxygen atoms in total. The molecule has 3 aliphatic rings. The third-order valence-electron chi connectivity index (χ3n) is 7.64. The van der Waals surface area contributed by atoms with Gasteiger partial charge in [-0.2, -0.15) is 0 Å². The second kappa shape index (κ2) is 10.4.